The molecule has 0 aromatic carbocycles. The third-order valence-corrected chi connectivity index (χ3v) is 1.70. The maximum atomic E-state index is 4.76. The van der Waals surface area contributed by atoms with Gasteiger partial charge in [0.1, 0.15) is 0 Å². The van der Waals surface area contributed by atoms with Gasteiger partial charge >= 0.3 is 8.56 Å². The van der Waals surface area contributed by atoms with E-state index in [2.05, 4.69) is 9.78 Å². The van der Waals surface area contributed by atoms with Gasteiger partial charge in [-0.05, 0) is 13.1 Å². The van der Waals surface area contributed by atoms with Crippen LogP contribution in [0.1, 0.15) is 0 Å². The second kappa shape index (κ2) is 3.97. The Bertz CT molecular complexity index is 67.0. The molecule has 0 fully saturated rings. The molecule has 0 aromatic rings. The molecule has 0 saturated carbocycles. The number of hydrogen-bond acceptors (Lipinski definition) is 4. The van der Waals surface area contributed by atoms with Crippen molar-refractivity contribution >= 4 is 8.56 Å². The van der Waals surface area contributed by atoms with Crippen molar-refractivity contribution in [2.24, 2.45) is 0 Å². The highest BCUT2D eigenvalue weighted by Gasteiger charge is 2.27. The van der Waals surface area contributed by atoms with E-state index in [1.807, 2.05) is 0 Å². The zero-order valence-electron chi connectivity index (χ0n) is 6.13. The fraction of sp³-hybridized carbons (Fsp3) is 1.00. The standard InChI is InChI=1S/C4H12O4Si/c1-5-7-9(3,4)8-6-2/h1-4H3. The highest BCUT2D eigenvalue weighted by atomic mass is 28.4. The summed E-state index contributed by atoms with van der Waals surface area (Å²) in [5.74, 6) is 0. The summed E-state index contributed by atoms with van der Waals surface area (Å²) in [5.41, 5.74) is 0. The molecule has 9 heavy (non-hydrogen) atoms. The van der Waals surface area contributed by atoms with Gasteiger partial charge in [0.15, 0.2) is 0 Å². The van der Waals surface area contributed by atoms with Crippen molar-refractivity contribution in [3.63, 3.8) is 0 Å². The predicted molar refractivity (Wildman–Crippen MR) is 33.7 cm³/mol. The van der Waals surface area contributed by atoms with E-state index in [9.17, 15) is 0 Å². The lowest BCUT2D eigenvalue weighted by atomic mass is 11.8. The Balaban J connectivity index is 3.43. The molecular formula is C4H12O4Si. The summed E-state index contributed by atoms with van der Waals surface area (Å²) in [6.07, 6.45) is 0. The molecule has 4 nitrogen and oxygen atoms in total. The zero-order valence-corrected chi connectivity index (χ0v) is 7.13. The summed E-state index contributed by atoms with van der Waals surface area (Å²) >= 11 is 0. The SMILES string of the molecule is COO[Si](C)(C)OOC. The van der Waals surface area contributed by atoms with Crippen molar-refractivity contribution in [1.29, 1.82) is 0 Å². The lowest BCUT2D eigenvalue weighted by Crippen LogP contribution is -2.33. The van der Waals surface area contributed by atoms with E-state index in [1.165, 1.54) is 14.2 Å². The smallest absolute Gasteiger partial charge is 0.249 e. The first-order valence-electron chi connectivity index (χ1n) is 2.56. The minimum Gasteiger partial charge on any atom is -0.249 e. The quantitative estimate of drug-likeness (QED) is 0.340. The molecule has 0 amide bonds. The molecule has 0 aromatic heterocycles. The first-order valence-corrected chi connectivity index (χ1v) is 5.37. The Labute approximate surface area is 55.8 Å². The molecule has 0 bridgehead atoms. The van der Waals surface area contributed by atoms with Crippen LogP contribution in [0.25, 0.3) is 0 Å². The van der Waals surface area contributed by atoms with E-state index in [1.54, 1.807) is 13.1 Å². The minimum absolute atomic E-state index is 1.44. The molecule has 0 atom stereocenters. The van der Waals surface area contributed by atoms with Crippen LogP contribution >= 0.6 is 0 Å². The molecule has 5 heteroatoms. The van der Waals surface area contributed by atoms with Crippen molar-refractivity contribution in [2.75, 3.05) is 14.2 Å². The molecule has 0 aliphatic heterocycles. The van der Waals surface area contributed by atoms with Gasteiger partial charge in [-0.15, -0.1) is 0 Å². The van der Waals surface area contributed by atoms with Gasteiger partial charge in [0, 0.05) is 0 Å². The van der Waals surface area contributed by atoms with Crippen molar-refractivity contribution in [3.8, 4) is 0 Å². The van der Waals surface area contributed by atoms with Crippen molar-refractivity contribution in [2.45, 2.75) is 13.1 Å². The van der Waals surface area contributed by atoms with Gasteiger partial charge in [0.25, 0.3) is 0 Å². The second-order valence-corrected chi connectivity index (χ2v) is 5.03. The Kier molecular flexibility index (Phi) is 3.99. The number of rotatable bonds is 4. The summed E-state index contributed by atoms with van der Waals surface area (Å²) < 4.78 is 9.52. The van der Waals surface area contributed by atoms with Crippen LogP contribution in [0, 0.1) is 0 Å². The van der Waals surface area contributed by atoms with Gasteiger partial charge < -0.3 is 0 Å². The molecule has 0 spiro atoms. The summed E-state index contributed by atoms with van der Waals surface area (Å²) in [6, 6.07) is 0. The van der Waals surface area contributed by atoms with Crippen LogP contribution in [0.15, 0.2) is 0 Å². The predicted octanol–water partition coefficient (Wildman–Crippen LogP) is 0.844. The van der Waals surface area contributed by atoms with Crippen LogP contribution in [-0.2, 0) is 18.9 Å². The van der Waals surface area contributed by atoms with E-state index in [0.29, 0.717) is 0 Å². The fourth-order valence-corrected chi connectivity index (χ4v) is 1.25. The first kappa shape index (κ1) is 9.06. The van der Waals surface area contributed by atoms with E-state index in [4.69, 9.17) is 9.15 Å². The molecule has 0 unspecified atom stereocenters. The van der Waals surface area contributed by atoms with Gasteiger partial charge in [-0.1, -0.05) is 0 Å². The van der Waals surface area contributed by atoms with Crippen molar-refractivity contribution < 1.29 is 18.9 Å². The van der Waals surface area contributed by atoms with Crippen LogP contribution in [0.4, 0.5) is 0 Å². The van der Waals surface area contributed by atoms with Gasteiger partial charge in [-0.2, -0.15) is 0 Å². The summed E-state index contributed by atoms with van der Waals surface area (Å²) in [4.78, 5) is 8.83. The Morgan fingerprint density at radius 3 is 1.44 bits per heavy atom. The summed E-state index contributed by atoms with van der Waals surface area (Å²) in [6.45, 7) is 3.61. The van der Waals surface area contributed by atoms with E-state index in [-0.39, 0.29) is 0 Å². The maximum Gasteiger partial charge on any atom is 0.403 e. The molecule has 0 aliphatic carbocycles. The van der Waals surface area contributed by atoms with Crippen molar-refractivity contribution in [3.05, 3.63) is 0 Å². The van der Waals surface area contributed by atoms with Crippen LogP contribution in [-0.4, -0.2) is 22.8 Å². The minimum atomic E-state index is -2.15. The van der Waals surface area contributed by atoms with E-state index >= 15 is 0 Å². The molecule has 0 aliphatic rings. The second-order valence-electron chi connectivity index (χ2n) is 1.90. The monoisotopic (exact) mass is 152 g/mol. The van der Waals surface area contributed by atoms with Gasteiger partial charge in [-0.25, -0.2) is 18.9 Å². The van der Waals surface area contributed by atoms with Gasteiger partial charge in [0.05, 0.1) is 14.2 Å². The lowest BCUT2D eigenvalue weighted by molar-refractivity contribution is -0.267. The van der Waals surface area contributed by atoms with E-state index < -0.39 is 8.56 Å². The molecule has 56 valence electrons. The summed E-state index contributed by atoms with van der Waals surface area (Å²) in [7, 11) is 0.729. The third-order valence-electron chi connectivity index (χ3n) is 0.568. The van der Waals surface area contributed by atoms with Gasteiger partial charge in [0.2, 0.25) is 0 Å². The van der Waals surface area contributed by atoms with Crippen molar-refractivity contribution in [1.82, 2.24) is 0 Å². The molecule has 0 saturated heterocycles. The highest BCUT2D eigenvalue weighted by Crippen LogP contribution is 2.04. The molecule has 0 radical (unpaired) electrons. The maximum absolute atomic E-state index is 4.76. The topological polar surface area (TPSA) is 36.9 Å². The largest absolute Gasteiger partial charge is 0.403 e. The zero-order chi connectivity index (χ0) is 7.33. The lowest BCUT2D eigenvalue weighted by Gasteiger charge is -2.16. The third kappa shape index (κ3) is 4.55. The Hall–Kier alpha value is 0.0569. The fourth-order valence-electron chi connectivity index (χ4n) is 0.415. The van der Waals surface area contributed by atoms with Gasteiger partial charge in [-0.3, -0.25) is 0 Å². The Morgan fingerprint density at radius 1 is 0.889 bits per heavy atom. The van der Waals surface area contributed by atoms with Crippen LogP contribution in [0.2, 0.25) is 13.1 Å². The first-order chi connectivity index (χ1) is 4.12. The molecule has 0 heterocycles. The molecule has 0 N–H and O–H groups in total. The highest BCUT2D eigenvalue weighted by molar-refractivity contribution is 6.64. The van der Waals surface area contributed by atoms with Crippen LogP contribution in [0.5, 0.6) is 0 Å². The average molecular weight is 152 g/mol. The van der Waals surface area contributed by atoms with Crippen LogP contribution in [0.3, 0.4) is 0 Å². The Morgan fingerprint density at radius 2 is 1.22 bits per heavy atom. The average Bonchev–Trinajstić information content (AvgIpc) is 1.64. The van der Waals surface area contributed by atoms with Crippen LogP contribution < -0.4 is 0 Å². The summed E-state index contributed by atoms with van der Waals surface area (Å²) in [5, 5.41) is 0. The number of hydrogen-bond donors (Lipinski definition) is 0. The normalized spacial score (nSPS) is 12.0. The molecular weight excluding hydrogens is 140 g/mol. The molecule has 0 rings (SSSR count). The van der Waals surface area contributed by atoms with E-state index in [0.717, 1.165) is 0 Å².